The number of halogens is 1. The topological polar surface area (TPSA) is 47.6 Å². The molecule has 1 N–H and O–H groups in total. The van der Waals surface area contributed by atoms with Gasteiger partial charge >= 0.3 is 0 Å². The number of carbonyl (C=O) groups is 1. The molecule has 5 heteroatoms. The van der Waals surface area contributed by atoms with Crippen molar-refractivity contribution in [3.63, 3.8) is 0 Å². The number of amides is 1. The Morgan fingerprint density at radius 2 is 1.85 bits per heavy atom. The van der Waals surface area contributed by atoms with Gasteiger partial charge in [-0.1, -0.05) is 54.9 Å². The molecule has 0 aliphatic carbocycles. The molecule has 0 heterocycles. The summed E-state index contributed by atoms with van der Waals surface area (Å²) in [7, 11) is 0. The van der Waals surface area contributed by atoms with E-state index in [0.717, 1.165) is 21.3 Å². The van der Waals surface area contributed by atoms with Crippen LogP contribution in [0.3, 0.4) is 0 Å². The molecule has 1 amide bonds. The molecule has 0 saturated heterocycles. The first-order valence-electron chi connectivity index (χ1n) is 8.65. The van der Waals surface area contributed by atoms with E-state index in [9.17, 15) is 4.79 Å². The summed E-state index contributed by atoms with van der Waals surface area (Å²) in [6.07, 6.45) is 0. The molecule has 0 radical (unpaired) electrons. The minimum Gasteiger partial charge on any atom is -0.491 e. The van der Waals surface area contributed by atoms with Gasteiger partial charge in [-0.2, -0.15) is 0 Å². The lowest BCUT2D eigenvalue weighted by Crippen LogP contribution is -2.32. The normalized spacial score (nSPS) is 11.1. The third-order valence-corrected chi connectivity index (χ3v) is 4.77. The fourth-order valence-electron chi connectivity index (χ4n) is 2.47. The van der Waals surface area contributed by atoms with Crippen LogP contribution in [0, 0.1) is 6.92 Å². The minimum atomic E-state index is -0.168. The number of ether oxygens (including phenoxy) is 2. The van der Waals surface area contributed by atoms with Gasteiger partial charge in [0.15, 0.2) is 6.61 Å². The maximum absolute atomic E-state index is 11.9. The van der Waals surface area contributed by atoms with Crippen LogP contribution in [0.15, 0.2) is 46.9 Å². The summed E-state index contributed by atoms with van der Waals surface area (Å²) in [5, 5.41) is 2.81. The molecule has 4 nitrogen and oxygen atoms in total. The zero-order chi connectivity index (χ0) is 19.2. The summed E-state index contributed by atoms with van der Waals surface area (Å²) >= 11 is 3.44. The number of hydrogen-bond acceptors (Lipinski definition) is 3. The van der Waals surface area contributed by atoms with E-state index in [1.807, 2.05) is 43.3 Å². The molecule has 0 aromatic heterocycles. The molecule has 0 bridgehead atoms. The molecule has 0 spiro atoms. The monoisotopic (exact) mass is 419 g/mol. The SMILES string of the molecule is Cc1cc(OCC(=O)NCCOc2ccccc2C(C)(C)C)ccc1Br. The second-order valence-corrected chi connectivity index (χ2v) is 8.00. The van der Waals surface area contributed by atoms with E-state index in [2.05, 4.69) is 48.1 Å². The summed E-state index contributed by atoms with van der Waals surface area (Å²) in [6, 6.07) is 13.6. The second kappa shape index (κ2) is 9.08. The van der Waals surface area contributed by atoms with E-state index in [4.69, 9.17) is 9.47 Å². The van der Waals surface area contributed by atoms with Crippen LogP contribution in [0.1, 0.15) is 31.9 Å². The van der Waals surface area contributed by atoms with E-state index < -0.39 is 0 Å². The van der Waals surface area contributed by atoms with Crippen LogP contribution in [0.2, 0.25) is 0 Å². The van der Waals surface area contributed by atoms with E-state index in [1.165, 1.54) is 0 Å². The second-order valence-electron chi connectivity index (χ2n) is 7.14. The molecule has 2 aromatic carbocycles. The molecule has 0 aliphatic heterocycles. The first kappa shape index (κ1) is 20.3. The molecule has 140 valence electrons. The molecule has 0 aliphatic rings. The van der Waals surface area contributed by atoms with Crippen LogP contribution < -0.4 is 14.8 Å². The van der Waals surface area contributed by atoms with Gasteiger partial charge in [-0.05, 0) is 47.7 Å². The van der Waals surface area contributed by atoms with Gasteiger partial charge in [-0.25, -0.2) is 0 Å². The summed E-state index contributed by atoms with van der Waals surface area (Å²) in [4.78, 5) is 11.9. The van der Waals surface area contributed by atoms with Crippen molar-refractivity contribution in [2.45, 2.75) is 33.1 Å². The van der Waals surface area contributed by atoms with Crippen molar-refractivity contribution in [3.05, 3.63) is 58.1 Å². The Morgan fingerprint density at radius 1 is 1.12 bits per heavy atom. The van der Waals surface area contributed by atoms with Gasteiger partial charge in [0.2, 0.25) is 0 Å². The maximum Gasteiger partial charge on any atom is 0.258 e. The third-order valence-electron chi connectivity index (χ3n) is 3.88. The zero-order valence-electron chi connectivity index (χ0n) is 15.8. The zero-order valence-corrected chi connectivity index (χ0v) is 17.4. The first-order valence-corrected chi connectivity index (χ1v) is 9.44. The molecule has 0 unspecified atom stereocenters. The smallest absolute Gasteiger partial charge is 0.258 e. The van der Waals surface area contributed by atoms with E-state index in [1.54, 1.807) is 0 Å². The Labute approximate surface area is 164 Å². The predicted octanol–water partition coefficient (Wildman–Crippen LogP) is 4.63. The Hall–Kier alpha value is -2.01. The average Bonchev–Trinajstić information content (AvgIpc) is 2.59. The standard InChI is InChI=1S/C21H26BrNO3/c1-15-13-16(9-10-18(15)22)26-14-20(24)23-11-12-25-19-8-6-5-7-17(19)21(2,3)4/h5-10,13H,11-12,14H2,1-4H3,(H,23,24). The van der Waals surface area contributed by atoms with Crippen LogP contribution in [0.5, 0.6) is 11.5 Å². The van der Waals surface area contributed by atoms with Crippen LogP contribution in [-0.2, 0) is 10.2 Å². The quantitative estimate of drug-likeness (QED) is 0.665. The Bertz CT molecular complexity index is 753. The average molecular weight is 420 g/mol. The Morgan fingerprint density at radius 3 is 2.54 bits per heavy atom. The molecular formula is C21H26BrNO3. The van der Waals surface area contributed by atoms with Crippen molar-refractivity contribution in [1.29, 1.82) is 0 Å². The largest absolute Gasteiger partial charge is 0.491 e. The number of rotatable bonds is 7. The highest BCUT2D eigenvalue weighted by molar-refractivity contribution is 9.10. The lowest BCUT2D eigenvalue weighted by atomic mass is 9.86. The van der Waals surface area contributed by atoms with Crippen molar-refractivity contribution in [2.75, 3.05) is 19.8 Å². The number of carbonyl (C=O) groups excluding carboxylic acids is 1. The van der Waals surface area contributed by atoms with Gasteiger partial charge in [-0.15, -0.1) is 0 Å². The lowest BCUT2D eigenvalue weighted by molar-refractivity contribution is -0.123. The Balaban J connectivity index is 1.75. The summed E-state index contributed by atoms with van der Waals surface area (Å²) in [6.45, 7) is 9.26. The van der Waals surface area contributed by atoms with Crippen molar-refractivity contribution in [3.8, 4) is 11.5 Å². The third kappa shape index (κ3) is 6.06. The van der Waals surface area contributed by atoms with Crippen molar-refractivity contribution < 1.29 is 14.3 Å². The number of para-hydroxylation sites is 1. The highest BCUT2D eigenvalue weighted by Gasteiger charge is 2.18. The molecule has 2 rings (SSSR count). The van der Waals surface area contributed by atoms with Crippen molar-refractivity contribution in [1.82, 2.24) is 5.32 Å². The lowest BCUT2D eigenvalue weighted by Gasteiger charge is -2.22. The summed E-state index contributed by atoms with van der Waals surface area (Å²) in [5.74, 6) is 1.37. The van der Waals surface area contributed by atoms with Crippen molar-refractivity contribution in [2.24, 2.45) is 0 Å². The van der Waals surface area contributed by atoms with Gasteiger partial charge in [0, 0.05) is 4.47 Å². The number of nitrogens with one attached hydrogen (secondary N) is 1. The molecule has 0 fully saturated rings. The number of hydrogen-bond donors (Lipinski definition) is 1. The van der Waals surface area contributed by atoms with Crippen LogP contribution >= 0.6 is 15.9 Å². The minimum absolute atomic E-state index is 0.0104. The first-order chi connectivity index (χ1) is 12.3. The number of benzene rings is 2. The van der Waals surface area contributed by atoms with E-state index in [0.29, 0.717) is 18.9 Å². The fourth-order valence-corrected chi connectivity index (χ4v) is 2.72. The molecule has 2 aromatic rings. The summed E-state index contributed by atoms with van der Waals surface area (Å²) < 4.78 is 12.4. The highest BCUT2D eigenvalue weighted by Crippen LogP contribution is 2.30. The van der Waals surface area contributed by atoms with Gasteiger partial charge in [0.1, 0.15) is 18.1 Å². The van der Waals surface area contributed by atoms with Crippen LogP contribution in [0.25, 0.3) is 0 Å². The van der Waals surface area contributed by atoms with Gasteiger partial charge < -0.3 is 14.8 Å². The predicted molar refractivity (Wildman–Crippen MR) is 108 cm³/mol. The molecule has 26 heavy (non-hydrogen) atoms. The van der Waals surface area contributed by atoms with E-state index >= 15 is 0 Å². The van der Waals surface area contributed by atoms with Crippen LogP contribution in [0.4, 0.5) is 0 Å². The molecule has 0 saturated carbocycles. The van der Waals surface area contributed by atoms with Gasteiger partial charge in [0.25, 0.3) is 5.91 Å². The van der Waals surface area contributed by atoms with E-state index in [-0.39, 0.29) is 17.9 Å². The highest BCUT2D eigenvalue weighted by atomic mass is 79.9. The van der Waals surface area contributed by atoms with Crippen LogP contribution in [-0.4, -0.2) is 25.7 Å². The van der Waals surface area contributed by atoms with Crippen molar-refractivity contribution >= 4 is 21.8 Å². The maximum atomic E-state index is 11.9. The summed E-state index contributed by atoms with van der Waals surface area (Å²) in [5.41, 5.74) is 2.23. The van der Waals surface area contributed by atoms with Gasteiger partial charge in [0.05, 0.1) is 6.54 Å². The number of aryl methyl sites for hydroxylation is 1. The fraction of sp³-hybridized carbons (Fsp3) is 0.381. The molecular weight excluding hydrogens is 394 g/mol. The van der Waals surface area contributed by atoms with Gasteiger partial charge in [-0.3, -0.25) is 4.79 Å². The Kier molecular flexibility index (Phi) is 7.09. The molecule has 0 atom stereocenters.